The van der Waals surface area contributed by atoms with Gasteiger partial charge < -0.3 is 23.9 Å². The Bertz CT molecular complexity index is 657. The highest BCUT2D eigenvalue weighted by atomic mass is 16.5. The standard InChI is InChI=1S/C18H28BN5O4/c1-13-17(20-12-28-19)14(2)22-18(21-13)27-11-16(25)23(3)15-5-7-24(8-6-15)9-10-26-4/h12,15H,5-11H2,1-4H3. The molecule has 1 aliphatic rings. The number of hydrogen-bond acceptors (Lipinski definition) is 8. The molecule has 2 rings (SSSR count). The number of nitrogens with zero attached hydrogens (tertiary/aromatic N) is 5. The number of ether oxygens (including phenoxy) is 2. The molecular weight excluding hydrogens is 361 g/mol. The maximum atomic E-state index is 12.5. The molecule has 0 aromatic carbocycles. The molecule has 1 aromatic heterocycles. The number of methoxy groups -OCH3 is 1. The van der Waals surface area contributed by atoms with Crippen LogP contribution in [0.5, 0.6) is 6.01 Å². The van der Waals surface area contributed by atoms with Crippen LogP contribution in [0.15, 0.2) is 4.99 Å². The van der Waals surface area contributed by atoms with Gasteiger partial charge in [0.15, 0.2) is 13.0 Å². The van der Waals surface area contributed by atoms with Crippen molar-refractivity contribution in [3.05, 3.63) is 11.4 Å². The third-order valence-electron chi connectivity index (χ3n) is 4.89. The number of likely N-dealkylation sites (N-methyl/N-ethyl adjacent to an activating group) is 1. The smallest absolute Gasteiger partial charge is 0.375 e. The quantitative estimate of drug-likeness (QED) is 0.351. The molecule has 1 aromatic rings. The fourth-order valence-electron chi connectivity index (χ4n) is 3.20. The highest BCUT2D eigenvalue weighted by Crippen LogP contribution is 2.22. The Morgan fingerprint density at radius 3 is 2.54 bits per heavy atom. The first kappa shape index (κ1) is 22.1. The number of likely N-dealkylation sites (tertiary alicyclic amines) is 1. The average Bonchev–Trinajstić information content (AvgIpc) is 2.69. The molecule has 28 heavy (non-hydrogen) atoms. The predicted octanol–water partition coefficient (Wildman–Crippen LogP) is 0.801. The number of aromatic nitrogens is 2. The first-order chi connectivity index (χ1) is 13.5. The lowest BCUT2D eigenvalue weighted by atomic mass is 10.0. The van der Waals surface area contributed by atoms with E-state index >= 15 is 0 Å². The number of rotatable bonds is 9. The summed E-state index contributed by atoms with van der Waals surface area (Å²) in [5.41, 5.74) is 1.78. The van der Waals surface area contributed by atoms with Crippen LogP contribution in [0.1, 0.15) is 24.2 Å². The van der Waals surface area contributed by atoms with Crippen LogP contribution in [-0.4, -0.2) is 93.2 Å². The number of hydrogen-bond donors (Lipinski definition) is 0. The molecule has 0 N–H and O–H groups in total. The number of piperidine rings is 1. The molecule has 152 valence electrons. The van der Waals surface area contributed by atoms with Crippen LogP contribution in [0.25, 0.3) is 0 Å². The van der Waals surface area contributed by atoms with Gasteiger partial charge >= 0.3 is 14.1 Å². The molecule has 0 unspecified atom stereocenters. The van der Waals surface area contributed by atoms with Crippen LogP contribution in [0.4, 0.5) is 5.69 Å². The van der Waals surface area contributed by atoms with E-state index in [-0.39, 0.29) is 24.6 Å². The van der Waals surface area contributed by atoms with Crippen molar-refractivity contribution in [1.82, 2.24) is 19.8 Å². The second kappa shape index (κ2) is 11.0. The van der Waals surface area contributed by atoms with Gasteiger partial charge in [-0.2, -0.15) is 9.97 Å². The molecular formula is C18H28BN5O4. The van der Waals surface area contributed by atoms with Crippen molar-refractivity contribution in [3.8, 4) is 6.01 Å². The van der Waals surface area contributed by atoms with Gasteiger partial charge in [-0.1, -0.05) is 0 Å². The Hall–Kier alpha value is -2.20. The Balaban J connectivity index is 1.86. The largest absolute Gasteiger partial charge is 0.560 e. The van der Waals surface area contributed by atoms with Gasteiger partial charge in [0.25, 0.3) is 5.91 Å². The molecule has 9 nitrogen and oxygen atoms in total. The van der Waals surface area contributed by atoms with Crippen LogP contribution in [0.2, 0.25) is 0 Å². The van der Waals surface area contributed by atoms with Gasteiger partial charge in [0.2, 0.25) is 0 Å². The van der Waals surface area contributed by atoms with E-state index in [0.717, 1.165) is 45.5 Å². The minimum absolute atomic E-state index is 0.0899. The number of amides is 1. The molecule has 10 heteroatoms. The molecule has 1 amide bonds. The van der Waals surface area contributed by atoms with Crippen molar-refractivity contribution in [1.29, 1.82) is 0 Å². The van der Waals surface area contributed by atoms with Crippen molar-refractivity contribution < 1.29 is 18.9 Å². The van der Waals surface area contributed by atoms with Crippen LogP contribution < -0.4 is 4.74 Å². The first-order valence-corrected chi connectivity index (χ1v) is 9.29. The van der Waals surface area contributed by atoms with E-state index in [2.05, 4.69) is 24.5 Å². The van der Waals surface area contributed by atoms with E-state index in [1.807, 2.05) is 7.05 Å². The summed E-state index contributed by atoms with van der Waals surface area (Å²) in [4.78, 5) is 29.1. The van der Waals surface area contributed by atoms with Gasteiger partial charge in [-0.15, -0.1) is 0 Å². The van der Waals surface area contributed by atoms with Crippen LogP contribution in [0, 0.1) is 13.8 Å². The fraction of sp³-hybridized carbons (Fsp3) is 0.667. The summed E-state index contributed by atoms with van der Waals surface area (Å²) in [6, 6.07) is 0.367. The van der Waals surface area contributed by atoms with Crippen LogP contribution in [0.3, 0.4) is 0 Å². The monoisotopic (exact) mass is 389 g/mol. The average molecular weight is 389 g/mol. The third kappa shape index (κ3) is 6.17. The highest BCUT2D eigenvalue weighted by Gasteiger charge is 2.25. The van der Waals surface area contributed by atoms with Crippen LogP contribution in [-0.2, 0) is 14.2 Å². The summed E-state index contributed by atoms with van der Waals surface area (Å²) in [5.74, 6) is -0.0899. The molecule has 0 bridgehead atoms. The Kier molecular flexibility index (Phi) is 8.65. The lowest BCUT2D eigenvalue weighted by molar-refractivity contribution is -0.135. The van der Waals surface area contributed by atoms with E-state index in [1.165, 1.54) is 0 Å². The summed E-state index contributed by atoms with van der Waals surface area (Å²) in [6.45, 7) is 7.03. The molecule has 2 radical (unpaired) electrons. The zero-order chi connectivity index (χ0) is 20.5. The topological polar surface area (TPSA) is 89.4 Å². The molecule has 0 atom stereocenters. The van der Waals surface area contributed by atoms with E-state index in [9.17, 15) is 4.79 Å². The summed E-state index contributed by atoms with van der Waals surface area (Å²) in [6.07, 6.45) is 2.99. The van der Waals surface area contributed by atoms with E-state index in [4.69, 9.17) is 17.5 Å². The van der Waals surface area contributed by atoms with Gasteiger partial charge in [0, 0.05) is 39.8 Å². The predicted molar refractivity (Wildman–Crippen MR) is 106 cm³/mol. The second-order valence-corrected chi connectivity index (χ2v) is 6.76. The normalized spacial score (nSPS) is 15.7. The SMILES string of the molecule is [B]OC=Nc1c(C)nc(OCC(=O)N(C)C2CCN(CCOC)CC2)nc1C. The zero-order valence-electron chi connectivity index (χ0n) is 17.1. The lowest BCUT2D eigenvalue weighted by Crippen LogP contribution is -2.47. The lowest BCUT2D eigenvalue weighted by Gasteiger charge is -2.36. The summed E-state index contributed by atoms with van der Waals surface area (Å²) >= 11 is 0. The molecule has 0 aliphatic carbocycles. The van der Waals surface area contributed by atoms with Crippen LogP contribution >= 0.6 is 0 Å². The van der Waals surface area contributed by atoms with Crippen molar-refractivity contribution in [2.75, 3.05) is 47.0 Å². The van der Waals surface area contributed by atoms with Crippen molar-refractivity contribution in [2.24, 2.45) is 4.99 Å². The molecule has 2 heterocycles. The molecule has 1 fully saturated rings. The van der Waals surface area contributed by atoms with Crippen molar-refractivity contribution in [3.63, 3.8) is 0 Å². The number of aliphatic imine (C=N–C) groups is 1. The first-order valence-electron chi connectivity index (χ1n) is 9.29. The van der Waals surface area contributed by atoms with Gasteiger partial charge in [-0.05, 0) is 26.7 Å². The van der Waals surface area contributed by atoms with Crippen molar-refractivity contribution >= 4 is 26.0 Å². The van der Waals surface area contributed by atoms with Gasteiger partial charge in [-0.3, -0.25) is 4.79 Å². The van der Waals surface area contributed by atoms with E-state index in [0.29, 0.717) is 17.1 Å². The van der Waals surface area contributed by atoms with Gasteiger partial charge in [0.05, 0.1) is 18.0 Å². The highest BCUT2D eigenvalue weighted by molar-refractivity contribution is 6.02. The van der Waals surface area contributed by atoms with Crippen molar-refractivity contribution in [2.45, 2.75) is 32.7 Å². The number of aryl methyl sites for hydroxylation is 2. The van der Waals surface area contributed by atoms with E-state index in [1.54, 1.807) is 25.9 Å². The Morgan fingerprint density at radius 2 is 1.96 bits per heavy atom. The molecule has 0 spiro atoms. The maximum Gasteiger partial charge on any atom is 0.375 e. The zero-order valence-corrected chi connectivity index (χ0v) is 17.1. The molecule has 0 saturated carbocycles. The number of carbonyl (C=O) groups excluding carboxylic acids is 1. The van der Waals surface area contributed by atoms with Gasteiger partial charge in [0.1, 0.15) is 5.69 Å². The minimum Gasteiger partial charge on any atom is -0.560 e. The third-order valence-corrected chi connectivity index (χ3v) is 4.89. The van der Waals surface area contributed by atoms with Gasteiger partial charge in [-0.25, -0.2) is 4.99 Å². The molecule has 1 saturated heterocycles. The Morgan fingerprint density at radius 1 is 1.32 bits per heavy atom. The molecule has 1 aliphatic heterocycles. The number of carbonyl (C=O) groups is 1. The maximum absolute atomic E-state index is 12.5. The fourth-order valence-corrected chi connectivity index (χ4v) is 3.20. The summed E-state index contributed by atoms with van der Waals surface area (Å²) in [5, 5.41) is 0. The summed E-state index contributed by atoms with van der Waals surface area (Å²) in [7, 11) is 8.47. The second-order valence-electron chi connectivity index (χ2n) is 6.76. The van der Waals surface area contributed by atoms with E-state index < -0.39 is 0 Å². The Labute approximate surface area is 167 Å². The minimum atomic E-state index is -0.103. The summed E-state index contributed by atoms with van der Waals surface area (Å²) < 4.78 is 15.0.